The second-order valence-electron chi connectivity index (χ2n) is 2.95. The van der Waals surface area contributed by atoms with Crippen LogP contribution < -0.4 is 0 Å². The highest BCUT2D eigenvalue weighted by Crippen LogP contribution is 2.23. The third-order valence-electron chi connectivity index (χ3n) is 1.33. The van der Waals surface area contributed by atoms with Crippen LogP contribution in [0.2, 0.25) is 0 Å². The predicted molar refractivity (Wildman–Crippen MR) is 42.3 cm³/mol. The van der Waals surface area contributed by atoms with Crippen molar-refractivity contribution >= 4 is 5.97 Å². The Morgan fingerprint density at radius 1 is 1.54 bits per heavy atom. The van der Waals surface area contributed by atoms with E-state index in [1.54, 1.807) is 13.8 Å². The summed E-state index contributed by atoms with van der Waals surface area (Å²) in [5, 5.41) is 0. The fraction of sp³-hybridized carbons (Fsp3) is 0.625. The molecular weight excluding hydrogens is 176 g/mol. The Morgan fingerprint density at radius 3 is 2.69 bits per heavy atom. The van der Waals surface area contributed by atoms with E-state index in [9.17, 15) is 4.79 Å². The summed E-state index contributed by atoms with van der Waals surface area (Å²) >= 11 is 0. The van der Waals surface area contributed by atoms with E-state index >= 15 is 0 Å². The molecule has 0 bridgehead atoms. The van der Waals surface area contributed by atoms with Crippen LogP contribution >= 0.6 is 0 Å². The molecule has 0 amide bonds. The maximum Gasteiger partial charge on any atom is 0.330 e. The molecule has 1 atom stereocenters. The van der Waals surface area contributed by atoms with Crippen molar-refractivity contribution < 1.29 is 24.0 Å². The summed E-state index contributed by atoms with van der Waals surface area (Å²) < 4.78 is 9.59. The average Bonchev–Trinajstić information content (AvgIpc) is 2.41. The fourth-order valence-electron chi connectivity index (χ4n) is 0.779. The molecule has 0 spiro atoms. The zero-order valence-electron chi connectivity index (χ0n) is 7.77. The monoisotopic (exact) mass is 188 g/mol. The highest BCUT2D eigenvalue weighted by molar-refractivity contribution is 5.81. The zero-order valence-corrected chi connectivity index (χ0v) is 7.77. The van der Waals surface area contributed by atoms with Crippen LogP contribution in [-0.2, 0) is 24.0 Å². The van der Waals surface area contributed by atoms with Crippen molar-refractivity contribution in [3.05, 3.63) is 12.2 Å². The second kappa shape index (κ2) is 3.87. The number of carbonyl (C=O) groups is 1. The quantitative estimate of drug-likeness (QED) is 0.363. The fourth-order valence-corrected chi connectivity index (χ4v) is 0.779. The zero-order chi connectivity index (χ0) is 9.90. The van der Waals surface area contributed by atoms with Gasteiger partial charge in [0.1, 0.15) is 0 Å². The minimum atomic E-state index is -0.773. The van der Waals surface area contributed by atoms with Gasteiger partial charge in [-0.25, -0.2) is 4.79 Å². The lowest BCUT2D eigenvalue weighted by atomic mass is 10.4. The molecule has 1 heterocycles. The minimum Gasteiger partial charge on any atom is -0.466 e. The molecule has 1 unspecified atom stereocenters. The number of hydrogen-bond acceptors (Lipinski definition) is 5. The molecule has 74 valence electrons. The number of methoxy groups -OCH3 is 1. The summed E-state index contributed by atoms with van der Waals surface area (Å²) in [4.78, 5) is 20.2. The van der Waals surface area contributed by atoms with E-state index in [1.165, 1.54) is 19.3 Å². The number of carbonyl (C=O) groups excluding carboxylic acids is 1. The van der Waals surface area contributed by atoms with Crippen LogP contribution in [0.15, 0.2) is 12.2 Å². The lowest BCUT2D eigenvalue weighted by molar-refractivity contribution is -0.316. The molecule has 0 aromatic heterocycles. The van der Waals surface area contributed by atoms with Crippen LogP contribution in [-0.4, -0.2) is 25.2 Å². The van der Waals surface area contributed by atoms with E-state index in [0.29, 0.717) is 0 Å². The molecule has 0 radical (unpaired) electrons. The van der Waals surface area contributed by atoms with Crippen molar-refractivity contribution in [1.82, 2.24) is 0 Å². The predicted octanol–water partition coefficient (Wildman–Crippen LogP) is 0.756. The number of hydrogen-bond donors (Lipinski definition) is 0. The van der Waals surface area contributed by atoms with Crippen molar-refractivity contribution in [3.8, 4) is 0 Å². The molecule has 0 aliphatic carbocycles. The van der Waals surface area contributed by atoms with Crippen molar-refractivity contribution in [2.45, 2.75) is 25.9 Å². The molecule has 0 aromatic carbocycles. The number of esters is 1. The summed E-state index contributed by atoms with van der Waals surface area (Å²) in [6.07, 6.45) is 1.98. The summed E-state index contributed by atoms with van der Waals surface area (Å²) in [5.74, 6) is -1.23. The van der Waals surface area contributed by atoms with Crippen LogP contribution in [0.3, 0.4) is 0 Å². The topological polar surface area (TPSA) is 54.0 Å². The van der Waals surface area contributed by atoms with E-state index in [4.69, 9.17) is 14.5 Å². The first-order valence-corrected chi connectivity index (χ1v) is 3.82. The van der Waals surface area contributed by atoms with Crippen LogP contribution in [0.4, 0.5) is 0 Å². The van der Waals surface area contributed by atoms with Gasteiger partial charge >= 0.3 is 5.97 Å². The first kappa shape index (κ1) is 10.2. The van der Waals surface area contributed by atoms with Crippen molar-refractivity contribution in [2.24, 2.45) is 0 Å². The van der Waals surface area contributed by atoms with Gasteiger partial charge in [-0.2, -0.15) is 9.78 Å². The largest absolute Gasteiger partial charge is 0.466 e. The standard InChI is InChI=1S/C8H12O5/c1-8(2)11-7(12-13-8)5-4-6(9)10-3/h4-5,7H,1-3H3/b5-4-. The second-order valence-corrected chi connectivity index (χ2v) is 2.95. The molecule has 1 aliphatic rings. The summed E-state index contributed by atoms with van der Waals surface area (Å²) in [6, 6.07) is 0. The van der Waals surface area contributed by atoms with E-state index < -0.39 is 18.0 Å². The van der Waals surface area contributed by atoms with Crippen molar-refractivity contribution in [3.63, 3.8) is 0 Å². The lowest BCUT2D eigenvalue weighted by Crippen LogP contribution is -2.20. The third-order valence-corrected chi connectivity index (χ3v) is 1.33. The first-order valence-electron chi connectivity index (χ1n) is 3.82. The number of ether oxygens (including phenoxy) is 2. The van der Waals surface area contributed by atoms with Crippen LogP contribution in [0.1, 0.15) is 13.8 Å². The van der Waals surface area contributed by atoms with E-state index in [-0.39, 0.29) is 0 Å². The molecule has 5 heteroatoms. The number of rotatable bonds is 2. The Labute approximate surface area is 76.1 Å². The minimum absolute atomic E-state index is 0.461. The molecule has 1 fully saturated rings. The molecule has 0 N–H and O–H groups in total. The van der Waals surface area contributed by atoms with Crippen LogP contribution in [0, 0.1) is 0 Å². The van der Waals surface area contributed by atoms with Gasteiger partial charge in [0.05, 0.1) is 7.11 Å². The van der Waals surface area contributed by atoms with Crippen molar-refractivity contribution in [1.29, 1.82) is 0 Å². The first-order chi connectivity index (χ1) is 6.03. The van der Waals surface area contributed by atoms with E-state index in [0.717, 1.165) is 0 Å². The lowest BCUT2D eigenvalue weighted by Gasteiger charge is -2.10. The smallest absolute Gasteiger partial charge is 0.330 e. The Morgan fingerprint density at radius 2 is 2.23 bits per heavy atom. The molecule has 1 aliphatic heterocycles. The van der Waals surface area contributed by atoms with Gasteiger partial charge in [-0.05, 0) is 19.9 Å². The highest BCUT2D eigenvalue weighted by Gasteiger charge is 2.33. The average molecular weight is 188 g/mol. The van der Waals surface area contributed by atoms with E-state index in [1.807, 2.05) is 0 Å². The third kappa shape index (κ3) is 3.14. The summed E-state index contributed by atoms with van der Waals surface area (Å²) in [6.45, 7) is 3.41. The van der Waals surface area contributed by atoms with Gasteiger partial charge in [0.15, 0.2) is 5.79 Å². The molecule has 13 heavy (non-hydrogen) atoms. The van der Waals surface area contributed by atoms with Gasteiger partial charge in [-0.1, -0.05) is 0 Å². The molecule has 0 saturated carbocycles. The van der Waals surface area contributed by atoms with Gasteiger partial charge in [0.2, 0.25) is 6.29 Å². The van der Waals surface area contributed by atoms with Crippen LogP contribution in [0.5, 0.6) is 0 Å². The maximum absolute atomic E-state index is 10.7. The normalized spacial score (nSPS) is 26.5. The Bertz CT molecular complexity index is 221. The maximum atomic E-state index is 10.7. The van der Waals surface area contributed by atoms with Gasteiger partial charge in [-0.15, -0.1) is 0 Å². The highest BCUT2D eigenvalue weighted by atomic mass is 17.3. The van der Waals surface area contributed by atoms with Gasteiger partial charge in [0, 0.05) is 6.08 Å². The summed E-state index contributed by atoms with van der Waals surface area (Å²) in [5.41, 5.74) is 0. The van der Waals surface area contributed by atoms with Crippen molar-refractivity contribution in [2.75, 3.05) is 7.11 Å². The van der Waals surface area contributed by atoms with E-state index in [2.05, 4.69) is 4.74 Å². The molecule has 1 saturated heterocycles. The molecule has 0 aromatic rings. The van der Waals surface area contributed by atoms with Gasteiger partial charge in [-0.3, -0.25) is 0 Å². The SMILES string of the molecule is COC(=O)/C=C\C1OOC(C)(C)O1. The van der Waals surface area contributed by atoms with Gasteiger partial charge in [0.25, 0.3) is 0 Å². The Balaban J connectivity index is 2.40. The molecule has 1 rings (SSSR count). The Kier molecular flexibility index (Phi) is 3.02. The molecule has 5 nitrogen and oxygen atoms in total. The summed E-state index contributed by atoms with van der Waals surface area (Å²) in [7, 11) is 1.30. The Hall–Kier alpha value is -0.910. The molecular formula is C8H12O5. The van der Waals surface area contributed by atoms with Crippen LogP contribution in [0.25, 0.3) is 0 Å². The van der Waals surface area contributed by atoms with Gasteiger partial charge < -0.3 is 9.47 Å².